The van der Waals surface area contributed by atoms with Crippen LogP contribution in [-0.2, 0) is 9.53 Å². The second kappa shape index (κ2) is 7.19. The maximum Gasteiger partial charge on any atom is 0.249 e. The van der Waals surface area contributed by atoms with Crippen LogP contribution < -0.4 is 11.1 Å². The molecule has 102 valence electrons. The fourth-order valence-corrected chi connectivity index (χ4v) is 1.74. The van der Waals surface area contributed by atoms with Gasteiger partial charge in [0.1, 0.15) is 6.10 Å². The van der Waals surface area contributed by atoms with Gasteiger partial charge >= 0.3 is 0 Å². The molecule has 0 bridgehead atoms. The van der Waals surface area contributed by atoms with Crippen molar-refractivity contribution < 1.29 is 9.53 Å². The van der Waals surface area contributed by atoms with Crippen LogP contribution in [0.1, 0.15) is 40.0 Å². The van der Waals surface area contributed by atoms with E-state index in [4.69, 9.17) is 10.5 Å². The summed E-state index contributed by atoms with van der Waals surface area (Å²) < 4.78 is 5.46. The van der Waals surface area contributed by atoms with Gasteiger partial charge in [0.05, 0.1) is 5.54 Å². The topological polar surface area (TPSA) is 64.3 Å². The summed E-state index contributed by atoms with van der Waals surface area (Å²) in [5, 5.41) is 3.02. The Kier molecular flexibility index (Phi) is 7.05. The summed E-state index contributed by atoms with van der Waals surface area (Å²) in [6, 6.07) is 0. The Labute approximate surface area is 110 Å². The van der Waals surface area contributed by atoms with Crippen LogP contribution in [-0.4, -0.2) is 30.7 Å². The second-order valence-corrected chi connectivity index (χ2v) is 5.12. The fourth-order valence-electron chi connectivity index (χ4n) is 1.74. The van der Waals surface area contributed by atoms with Gasteiger partial charge in [-0.05, 0) is 32.1 Å². The van der Waals surface area contributed by atoms with Gasteiger partial charge in [0.25, 0.3) is 0 Å². The first-order chi connectivity index (χ1) is 7.49. The van der Waals surface area contributed by atoms with Crippen LogP contribution >= 0.6 is 12.4 Å². The monoisotopic (exact) mass is 264 g/mol. The first kappa shape index (κ1) is 16.7. The average Bonchev–Trinajstić information content (AvgIpc) is 2.29. The fraction of sp³-hybridized carbons (Fsp3) is 0.917. The van der Waals surface area contributed by atoms with Crippen LogP contribution in [0.25, 0.3) is 0 Å². The molecule has 3 N–H and O–H groups in total. The molecule has 0 radical (unpaired) electrons. The SMILES string of the molecule is CC(C)C(C)(CN)NC(=O)C1CCCCO1.Cl. The Hall–Kier alpha value is -0.320. The predicted octanol–water partition coefficient (Wildman–Crippen LogP) is 1.47. The first-order valence-electron chi connectivity index (χ1n) is 6.13. The third-order valence-electron chi connectivity index (χ3n) is 3.58. The lowest BCUT2D eigenvalue weighted by Crippen LogP contribution is -2.57. The Morgan fingerprint density at radius 2 is 2.18 bits per heavy atom. The third kappa shape index (κ3) is 4.45. The molecule has 2 unspecified atom stereocenters. The molecular weight excluding hydrogens is 240 g/mol. The van der Waals surface area contributed by atoms with Crippen molar-refractivity contribution in [2.24, 2.45) is 11.7 Å². The van der Waals surface area contributed by atoms with Crippen molar-refractivity contribution in [3.8, 4) is 0 Å². The van der Waals surface area contributed by atoms with E-state index in [2.05, 4.69) is 19.2 Å². The van der Waals surface area contributed by atoms with E-state index in [-0.39, 0.29) is 30.0 Å². The standard InChI is InChI=1S/C12H24N2O2.ClH/c1-9(2)12(3,8-13)14-11(15)10-6-4-5-7-16-10;/h9-10H,4-8,13H2,1-3H3,(H,14,15);1H. The molecule has 1 saturated heterocycles. The number of amides is 1. The highest BCUT2D eigenvalue weighted by atomic mass is 35.5. The highest BCUT2D eigenvalue weighted by molar-refractivity contribution is 5.85. The van der Waals surface area contributed by atoms with Gasteiger partial charge in [0.15, 0.2) is 0 Å². The van der Waals surface area contributed by atoms with E-state index in [1.165, 1.54) is 0 Å². The summed E-state index contributed by atoms with van der Waals surface area (Å²) in [5.41, 5.74) is 5.39. The number of halogens is 1. The van der Waals surface area contributed by atoms with Gasteiger partial charge in [-0.2, -0.15) is 0 Å². The van der Waals surface area contributed by atoms with E-state index >= 15 is 0 Å². The van der Waals surface area contributed by atoms with Crippen molar-refractivity contribution in [3.63, 3.8) is 0 Å². The number of hydrogen-bond acceptors (Lipinski definition) is 3. The van der Waals surface area contributed by atoms with Crippen LogP contribution in [0.15, 0.2) is 0 Å². The molecule has 17 heavy (non-hydrogen) atoms. The minimum atomic E-state index is -0.335. The quantitative estimate of drug-likeness (QED) is 0.808. The highest BCUT2D eigenvalue weighted by Gasteiger charge is 2.32. The van der Waals surface area contributed by atoms with E-state index < -0.39 is 0 Å². The minimum absolute atomic E-state index is 0. The molecule has 0 aromatic carbocycles. The van der Waals surface area contributed by atoms with Gasteiger partial charge in [-0.15, -0.1) is 12.4 Å². The van der Waals surface area contributed by atoms with Crippen molar-refractivity contribution in [2.45, 2.75) is 51.7 Å². The van der Waals surface area contributed by atoms with Crippen LogP contribution in [0.2, 0.25) is 0 Å². The van der Waals surface area contributed by atoms with E-state index in [9.17, 15) is 4.79 Å². The molecule has 0 spiro atoms. The lowest BCUT2D eigenvalue weighted by Gasteiger charge is -2.35. The van der Waals surface area contributed by atoms with Crippen molar-refractivity contribution in [1.82, 2.24) is 5.32 Å². The number of hydrogen-bond donors (Lipinski definition) is 2. The zero-order chi connectivity index (χ0) is 12.2. The highest BCUT2D eigenvalue weighted by Crippen LogP contribution is 2.18. The molecule has 2 atom stereocenters. The molecule has 1 aliphatic rings. The molecule has 1 heterocycles. The molecule has 1 aliphatic heterocycles. The number of carbonyl (C=O) groups excluding carboxylic acids is 1. The van der Waals surface area contributed by atoms with Gasteiger partial charge in [-0.25, -0.2) is 0 Å². The number of nitrogens with one attached hydrogen (secondary N) is 1. The van der Waals surface area contributed by atoms with E-state index in [1.54, 1.807) is 0 Å². The lowest BCUT2D eigenvalue weighted by atomic mass is 9.88. The van der Waals surface area contributed by atoms with Crippen LogP contribution in [0, 0.1) is 5.92 Å². The van der Waals surface area contributed by atoms with Gasteiger partial charge < -0.3 is 15.8 Å². The van der Waals surface area contributed by atoms with Crippen molar-refractivity contribution in [1.29, 1.82) is 0 Å². The normalized spacial score (nSPS) is 23.7. The Balaban J connectivity index is 0.00000256. The predicted molar refractivity (Wildman–Crippen MR) is 71.3 cm³/mol. The molecule has 1 amide bonds. The lowest BCUT2D eigenvalue weighted by molar-refractivity contribution is -0.137. The Morgan fingerprint density at radius 3 is 2.59 bits per heavy atom. The molecule has 5 heteroatoms. The number of ether oxygens (including phenoxy) is 1. The van der Waals surface area contributed by atoms with E-state index in [1.807, 2.05) is 6.92 Å². The van der Waals surface area contributed by atoms with E-state index in [0.29, 0.717) is 19.1 Å². The Bertz CT molecular complexity index is 243. The van der Waals surface area contributed by atoms with Gasteiger partial charge in [-0.1, -0.05) is 13.8 Å². The molecule has 0 aromatic heterocycles. The van der Waals surface area contributed by atoms with Crippen LogP contribution in [0.3, 0.4) is 0 Å². The molecule has 0 aromatic rings. The zero-order valence-electron chi connectivity index (χ0n) is 11.0. The number of rotatable bonds is 4. The summed E-state index contributed by atoms with van der Waals surface area (Å²) in [7, 11) is 0. The third-order valence-corrected chi connectivity index (χ3v) is 3.58. The molecular formula is C12H25ClN2O2. The molecule has 0 saturated carbocycles. The number of carbonyl (C=O) groups is 1. The summed E-state index contributed by atoms with van der Waals surface area (Å²) in [6.07, 6.45) is 2.67. The van der Waals surface area contributed by atoms with Crippen molar-refractivity contribution in [3.05, 3.63) is 0 Å². The minimum Gasteiger partial charge on any atom is -0.368 e. The summed E-state index contributed by atoms with van der Waals surface area (Å²) in [5.74, 6) is 0.298. The maximum atomic E-state index is 12.0. The van der Waals surface area contributed by atoms with Crippen molar-refractivity contribution >= 4 is 18.3 Å². The van der Waals surface area contributed by atoms with Gasteiger partial charge in [0, 0.05) is 13.2 Å². The number of nitrogens with two attached hydrogens (primary N) is 1. The molecule has 1 fully saturated rings. The second-order valence-electron chi connectivity index (χ2n) is 5.12. The van der Waals surface area contributed by atoms with Gasteiger partial charge in [0.2, 0.25) is 5.91 Å². The average molecular weight is 265 g/mol. The molecule has 0 aliphatic carbocycles. The zero-order valence-corrected chi connectivity index (χ0v) is 11.8. The Morgan fingerprint density at radius 1 is 1.53 bits per heavy atom. The summed E-state index contributed by atoms with van der Waals surface area (Å²) in [4.78, 5) is 12.0. The smallest absolute Gasteiger partial charge is 0.249 e. The molecule has 1 rings (SSSR count). The van der Waals surface area contributed by atoms with E-state index in [0.717, 1.165) is 19.3 Å². The maximum absolute atomic E-state index is 12.0. The largest absolute Gasteiger partial charge is 0.368 e. The van der Waals surface area contributed by atoms with Crippen LogP contribution in [0.4, 0.5) is 0 Å². The van der Waals surface area contributed by atoms with Crippen molar-refractivity contribution in [2.75, 3.05) is 13.2 Å². The van der Waals surface area contributed by atoms with Crippen LogP contribution in [0.5, 0.6) is 0 Å². The summed E-state index contributed by atoms with van der Waals surface area (Å²) in [6.45, 7) is 7.25. The molecule has 4 nitrogen and oxygen atoms in total. The first-order valence-corrected chi connectivity index (χ1v) is 6.13. The summed E-state index contributed by atoms with van der Waals surface area (Å²) >= 11 is 0. The van der Waals surface area contributed by atoms with Gasteiger partial charge in [-0.3, -0.25) is 4.79 Å².